The fraction of sp³-hybridized carbons (Fsp3) is 0.696. The summed E-state index contributed by atoms with van der Waals surface area (Å²) in [6.07, 6.45) is -0.0899. The molecule has 1 atom stereocenters. The van der Waals surface area contributed by atoms with Crippen LogP contribution >= 0.6 is 0 Å². The molecule has 0 heterocycles. The summed E-state index contributed by atoms with van der Waals surface area (Å²) >= 11 is 0. The Morgan fingerprint density at radius 2 is 1.52 bits per heavy atom. The third kappa shape index (κ3) is 6.06. The Bertz CT molecular complexity index is 637. The Morgan fingerprint density at radius 1 is 0.966 bits per heavy atom. The summed E-state index contributed by atoms with van der Waals surface area (Å²) in [7, 11) is 0.890. The average molecular weight is 424 g/mol. The molecule has 0 fully saturated rings. The molecule has 1 rings (SSSR count). The maximum atomic E-state index is 12.9. The molecule has 6 heteroatoms. The van der Waals surface area contributed by atoms with Gasteiger partial charge < -0.3 is 9.16 Å². The van der Waals surface area contributed by atoms with E-state index < -0.39 is 14.4 Å². The molecule has 1 unspecified atom stereocenters. The first kappa shape index (κ1) is 25.7. The molecule has 166 valence electrons. The zero-order chi connectivity index (χ0) is 22.4. The second-order valence-electron chi connectivity index (χ2n) is 9.02. The highest BCUT2D eigenvalue weighted by atomic mass is 28.4. The zero-order valence-corrected chi connectivity index (χ0v) is 21.0. The van der Waals surface area contributed by atoms with Crippen LogP contribution in [0, 0.1) is 0 Å². The molecular formula is C23H41NO4Si. The normalized spacial score (nSPS) is 13.4. The van der Waals surface area contributed by atoms with E-state index in [4.69, 9.17) is 14.0 Å². The van der Waals surface area contributed by atoms with E-state index in [-0.39, 0.29) is 5.91 Å². The number of carbonyl (C=O) groups excluding carboxylic acids is 1. The molecule has 0 aliphatic rings. The summed E-state index contributed by atoms with van der Waals surface area (Å²) in [5, 5.41) is 0. The van der Waals surface area contributed by atoms with E-state index in [2.05, 4.69) is 66.9 Å². The molecule has 0 bridgehead atoms. The molecule has 0 aliphatic carbocycles. The van der Waals surface area contributed by atoms with Crippen molar-refractivity contribution in [3.8, 4) is 5.75 Å². The molecule has 0 aromatic heterocycles. The van der Waals surface area contributed by atoms with Crippen LogP contribution in [-0.4, -0.2) is 34.5 Å². The van der Waals surface area contributed by atoms with Crippen LogP contribution in [0.1, 0.15) is 72.4 Å². The average Bonchev–Trinajstić information content (AvgIpc) is 2.64. The summed E-state index contributed by atoms with van der Waals surface area (Å²) in [6.45, 7) is 17.7. The van der Waals surface area contributed by atoms with Crippen molar-refractivity contribution < 1.29 is 18.8 Å². The van der Waals surface area contributed by atoms with Gasteiger partial charge in [-0.05, 0) is 45.8 Å². The Balaban J connectivity index is 3.39. The molecule has 0 spiro atoms. The maximum Gasteiger partial charge on any atom is 0.271 e. The van der Waals surface area contributed by atoms with Gasteiger partial charge in [-0.1, -0.05) is 61.5 Å². The van der Waals surface area contributed by atoms with Gasteiger partial charge in [-0.25, -0.2) is 5.48 Å². The lowest BCUT2D eigenvalue weighted by Gasteiger charge is -2.44. The second-order valence-corrected chi connectivity index (χ2v) is 14.4. The molecule has 5 nitrogen and oxygen atoms in total. The number of benzene rings is 1. The Labute approximate surface area is 178 Å². The molecule has 0 saturated heterocycles. The summed E-state index contributed by atoms with van der Waals surface area (Å²) in [5.74, 6) is 0.914. The number of carbonyl (C=O) groups is 1. The van der Waals surface area contributed by atoms with Crippen molar-refractivity contribution in [2.75, 3.05) is 14.2 Å². The van der Waals surface area contributed by atoms with Crippen molar-refractivity contribution in [1.82, 2.24) is 5.48 Å². The minimum Gasteiger partial charge on any atom is -0.497 e. The molecule has 0 aliphatic heterocycles. The number of amides is 1. The minimum atomic E-state index is -2.24. The van der Waals surface area contributed by atoms with Crippen LogP contribution in [0.15, 0.2) is 18.2 Å². The summed E-state index contributed by atoms with van der Waals surface area (Å²) in [4.78, 5) is 17.9. The van der Waals surface area contributed by atoms with E-state index in [0.717, 1.165) is 11.3 Å². The second kappa shape index (κ2) is 11.1. The van der Waals surface area contributed by atoms with Crippen LogP contribution in [0.2, 0.25) is 16.6 Å². The first-order valence-corrected chi connectivity index (χ1v) is 12.8. The topological polar surface area (TPSA) is 56.8 Å². The molecule has 1 N–H and O–H groups in total. The van der Waals surface area contributed by atoms with E-state index in [0.29, 0.717) is 29.0 Å². The fourth-order valence-electron chi connectivity index (χ4n) is 4.63. The highest BCUT2D eigenvalue weighted by Gasteiger charge is 2.47. The molecule has 0 saturated carbocycles. The molecular weight excluding hydrogens is 382 g/mol. The molecule has 1 aromatic rings. The van der Waals surface area contributed by atoms with E-state index in [9.17, 15) is 4.79 Å². The van der Waals surface area contributed by atoms with Gasteiger partial charge in [-0.15, -0.1) is 0 Å². The van der Waals surface area contributed by atoms with Crippen LogP contribution < -0.4 is 10.2 Å². The Hall–Kier alpha value is -1.37. The van der Waals surface area contributed by atoms with E-state index >= 15 is 0 Å². The van der Waals surface area contributed by atoms with E-state index in [1.165, 1.54) is 12.7 Å². The number of nitrogens with one attached hydrogen (secondary N) is 1. The largest absolute Gasteiger partial charge is 0.497 e. The SMILES string of the molecule is CONC(=O)C(Cc1ccc(OC)cc1C(C)C)O[Si](C(C)C)(C(C)C)C(C)C. The first-order valence-electron chi connectivity index (χ1n) is 10.7. The molecule has 29 heavy (non-hydrogen) atoms. The number of hydroxylamine groups is 1. The third-order valence-electron chi connectivity index (χ3n) is 5.93. The summed E-state index contributed by atoms with van der Waals surface area (Å²) in [5.41, 5.74) is 5.96. The monoisotopic (exact) mass is 423 g/mol. The number of ether oxygens (including phenoxy) is 1. The lowest BCUT2D eigenvalue weighted by atomic mass is 9.93. The van der Waals surface area contributed by atoms with E-state index in [1.54, 1.807) is 7.11 Å². The third-order valence-corrected chi connectivity index (χ3v) is 12.0. The highest BCUT2D eigenvalue weighted by Crippen LogP contribution is 2.43. The maximum absolute atomic E-state index is 12.9. The lowest BCUT2D eigenvalue weighted by Crippen LogP contribution is -2.53. The Kier molecular flexibility index (Phi) is 9.85. The van der Waals surface area contributed by atoms with Gasteiger partial charge >= 0.3 is 0 Å². The molecule has 1 aromatic carbocycles. The zero-order valence-electron chi connectivity index (χ0n) is 20.0. The van der Waals surface area contributed by atoms with Crippen LogP contribution in [-0.2, 0) is 20.5 Å². The van der Waals surface area contributed by atoms with Crippen LogP contribution in [0.5, 0.6) is 5.75 Å². The lowest BCUT2D eigenvalue weighted by molar-refractivity contribution is -0.139. The van der Waals surface area contributed by atoms with Gasteiger partial charge in [-0.3, -0.25) is 9.63 Å². The quantitative estimate of drug-likeness (QED) is 0.372. The van der Waals surface area contributed by atoms with Crippen molar-refractivity contribution in [1.29, 1.82) is 0 Å². The van der Waals surface area contributed by atoms with Crippen molar-refractivity contribution in [3.63, 3.8) is 0 Å². The van der Waals surface area contributed by atoms with Gasteiger partial charge in [0, 0.05) is 6.42 Å². The van der Waals surface area contributed by atoms with Crippen LogP contribution in [0.4, 0.5) is 0 Å². The van der Waals surface area contributed by atoms with Gasteiger partial charge in [0.05, 0.1) is 14.2 Å². The van der Waals surface area contributed by atoms with Crippen molar-refractivity contribution >= 4 is 14.2 Å². The van der Waals surface area contributed by atoms with E-state index in [1.807, 2.05) is 12.1 Å². The van der Waals surface area contributed by atoms with Gasteiger partial charge in [0.1, 0.15) is 11.9 Å². The van der Waals surface area contributed by atoms with Crippen molar-refractivity contribution in [2.24, 2.45) is 0 Å². The predicted octanol–water partition coefficient (Wildman–Crippen LogP) is 5.60. The Morgan fingerprint density at radius 3 is 1.93 bits per heavy atom. The van der Waals surface area contributed by atoms with Crippen molar-refractivity contribution in [2.45, 2.75) is 90.5 Å². The van der Waals surface area contributed by atoms with Crippen LogP contribution in [0.3, 0.4) is 0 Å². The number of hydrogen-bond acceptors (Lipinski definition) is 4. The number of hydrogen-bond donors (Lipinski definition) is 1. The number of methoxy groups -OCH3 is 1. The smallest absolute Gasteiger partial charge is 0.271 e. The van der Waals surface area contributed by atoms with Gasteiger partial charge in [0.25, 0.3) is 5.91 Å². The number of rotatable bonds is 11. The van der Waals surface area contributed by atoms with Crippen molar-refractivity contribution in [3.05, 3.63) is 29.3 Å². The summed E-state index contributed by atoms with van der Waals surface area (Å²) in [6, 6.07) is 6.06. The van der Waals surface area contributed by atoms with Gasteiger partial charge in [-0.2, -0.15) is 0 Å². The standard InChI is InChI=1S/C23H41NO4Si/c1-15(2)21-14-20(26-9)12-11-19(21)13-22(23(25)24-27-10)28-29(16(3)4,17(5)6)18(7)8/h11-12,14-18,22H,13H2,1-10H3,(H,24,25). The highest BCUT2D eigenvalue weighted by molar-refractivity contribution is 6.77. The molecule has 1 amide bonds. The summed E-state index contributed by atoms with van der Waals surface area (Å²) < 4.78 is 12.3. The van der Waals surface area contributed by atoms with Gasteiger partial charge in [0.15, 0.2) is 0 Å². The first-order chi connectivity index (χ1) is 13.5. The van der Waals surface area contributed by atoms with Gasteiger partial charge in [0.2, 0.25) is 8.32 Å². The fourth-order valence-corrected chi connectivity index (χ4v) is 10.1. The predicted molar refractivity (Wildman–Crippen MR) is 122 cm³/mol. The molecule has 0 radical (unpaired) electrons. The minimum absolute atomic E-state index is 0.225. The van der Waals surface area contributed by atoms with Crippen LogP contribution in [0.25, 0.3) is 0 Å².